The summed E-state index contributed by atoms with van der Waals surface area (Å²) < 4.78 is 0. The molecule has 1 heteroatoms. The van der Waals surface area contributed by atoms with Crippen molar-refractivity contribution < 1.29 is 4.79 Å². The third kappa shape index (κ3) is 2.55. The fourth-order valence-corrected chi connectivity index (χ4v) is 2.23. The number of Topliss-reactive ketones (excluding diaryl/α,β-unsaturated/α-hetero) is 1. The zero-order chi connectivity index (χ0) is 9.90. The Bertz CT molecular complexity index is 182. The van der Waals surface area contributed by atoms with Gasteiger partial charge in [-0.3, -0.25) is 4.79 Å². The number of carbonyl (C=O) groups is 1. The number of ketones is 1. The molecule has 1 nitrogen and oxygen atoms in total. The molecule has 1 atom stereocenters. The maximum Gasteiger partial charge on any atom is 0.136 e. The topological polar surface area (TPSA) is 17.1 Å². The van der Waals surface area contributed by atoms with Gasteiger partial charge in [0, 0.05) is 12.3 Å². The molecular formula is C12H22O. The average molecular weight is 182 g/mol. The quantitative estimate of drug-likeness (QED) is 0.597. The van der Waals surface area contributed by atoms with E-state index in [2.05, 4.69) is 20.8 Å². The monoisotopic (exact) mass is 182 g/mol. The van der Waals surface area contributed by atoms with E-state index in [4.69, 9.17) is 0 Å². The van der Waals surface area contributed by atoms with Gasteiger partial charge in [-0.2, -0.15) is 0 Å². The summed E-state index contributed by atoms with van der Waals surface area (Å²) in [6, 6.07) is 0. The Labute approximate surface area is 81.9 Å². The molecule has 0 N–H and O–H groups in total. The maximum atomic E-state index is 11.8. The van der Waals surface area contributed by atoms with Gasteiger partial charge in [-0.15, -0.1) is 0 Å². The number of hydrogen-bond donors (Lipinski definition) is 0. The molecule has 0 aromatic carbocycles. The highest BCUT2D eigenvalue weighted by Gasteiger charge is 2.33. The van der Waals surface area contributed by atoms with Crippen molar-refractivity contribution in [3.05, 3.63) is 0 Å². The molecule has 13 heavy (non-hydrogen) atoms. The lowest BCUT2D eigenvalue weighted by Gasteiger charge is -2.31. The van der Waals surface area contributed by atoms with E-state index < -0.39 is 0 Å². The van der Waals surface area contributed by atoms with Gasteiger partial charge < -0.3 is 0 Å². The van der Waals surface area contributed by atoms with Gasteiger partial charge in [0.15, 0.2) is 0 Å². The fraction of sp³-hybridized carbons (Fsp3) is 0.917. The van der Waals surface area contributed by atoms with Crippen LogP contribution >= 0.6 is 0 Å². The molecule has 1 aliphatic rings. The Hall–Kier alpha value is -0.330. The Kier molecular flexibility index (Phi) is 3.52. The van der Waals surface area contributed by atoms with Crippen molar-refractivity contribution in [1.29, 1.82) is 0 Å². The molecule has 0 heterocycles. The minimum absolute atomic E-state index is 0.224. The van der Waals surface area contributed by atoms with Gasteiger partial charge in [0.1, 0.15) is 5.78 Å². The van der Waals surface area contributed by atoms with Gasteiger partial charge in [0.2, 0.25) is 0 Å². The molecule has 0 aromatic heterocycles. The van der Waals surface area contributed by atoms with E-state index in [9.17, 15) is 4.79 Å². The van der Waals surface area contributed by atoms with E-state index in [1.807, 2.05) is 0 Å². The first-order valence-corrected chi connectivity index (χ1v) is 5.60. The Morgan fingerprint density at radius 3 is 2.62 bits per heavy atom. The van der Waals surface area contributed by atoms with Crippen molar-refractivity contribution in [2.75, 3.05) is 0 Å². The number of carbonyl (C=O) groups excluding carboxylic acids is 1. The highest BCUT2D eigenvalue weighted by molar-refractivity contribution is 5.81. The first-order chi connectivity index (χ1) is 6.08. The highest BCUT2D eigenvalue weighted by atomic mass is 16.1. The van der Waals surface area contributed by atoms with E-state index in [1.54, 1.807) is 0 Å². The summed E-state index contributed by atoms with van der Waals surface area (Å²) in [5.74, 6) is 0.851. The smallest absolute Gasteiger partial charge is 0.136 e. The molecule has 1 aliphatic carbocycles. The van der Waals surface area contributed by atoms with Crippen LogP contribution in [0.4, 0.5) is 0 Å². The second-order valence-corrected chi connectivity index (χ2v) is 4.96. The van der Waals surface area contributed by atoms with Crippen LogP contribution in [-0.4, -0.2) is 5.78 Å². The molecule has 0 aromatic rings. The molecule has 0 aliphatic heterocycles. The zero-order valence-electron chi connectivity index (χ0n) is 9.23. The van der Waals surface area contributed by atoms with Gasteiger partial charge in [0.25, 0.3) is 0 Å². The van der Waals surface area contributed by atoms with Crippen LogP contribution in [0.25, 0.3) is 0 Å². The normalized spacial score (nSPS) is 25.8. The molecule has 0 radical (unpaired) electrons. The third-order valence-corrected chi connectivity index (χ3v) is 3.66. The van der Waals surface area contributed by atoms with E-state index in [-0.39, 0.29) is 5.41 Å². The highest BCUT2D eigenvalue weighted by Crippen LogP contribution is 2.37. The molecule has 0 saturated heterocycles. The standard InChI is InChI=1S/C12H22O/c1-4-12(2,3)10-8-6-5-7-9-11(10)13/h10H,4-9H2,1-3H3. The van der Waals surface area contributed by atoms with Crippen LogP contribution in [0.5, 0.6) is 0 Å². The minimum Gasteiger partial charge on any atom is -0.299 e. The van der Waals surface area contributed by atoms with Crippen LogP contribution < -0.4 is 0 Å². The molecule has 76 valence electrons. The predicted molar refractivity (Wildman–Crippen MR) is 55.7 cm³/mol. The molecule has 0 spiro atoms. The van der Waals surface area contributed by atoms with E-state index >= 15 is 0 Å². The van der Waals surface area contributed by atoms with E-state index in [0.717, 1.165) is 25.7 Å². The fourth-order valence-electron chi connectivity index (χ4n) is 2.23. The van der Waals surface area contributed by atoms with Crippen LogP contribution in [0.3, 0.4) is 0 Å². The van der Waals surface area contributed by atoms with E-state index in [0.29, 0.717) is 11.7 Å². The predicted octanol–water partition coefficient (Wildman–Crippen LogP) is 3.57. The molecule has 1 fully saturated rings. The maximum absolute atomic E-state index is 11.8. The summed E-state index contributed by atoms with van der Waals surface area (Å²) in [4.78, 5) is 11.8. The number of hydrogen-bond acceptors (Lipinski definition) is 1. The average Bonchev–Trinajstić information content (AvgIpc) is 2.30. The van der Waals surface area contributed by atoms with Crippen molar-refractivity contribution in [3.63, 3.8) is 0 Å². The summed E-state index contributed by atoms with van der Waals surface area (Å²) in [5.41, 5.74) is 0.224. The molecule has 1 saturated carbocycles. The lowest BCUT2D eigenvalue weighted by atomic mass is 9.72. The summed E-state index contributed by atoms with van der Waals surface area (Å²) in [6.07, 6.45) is 6.69. The SMILES string of the molecule is CCC(C)(C)C1CCCCCC1=O. The Morgan fingerprint density at radius 2 is 2.00 bits per heavy atom. The molecule has 1 unspecified atom stereocenters. The van der Waals surface area contributed by atoms with Crippen LogP contribution in [0.15, 0.2) is 0 Å². The summed E-state index contributed by atoms with van der Waals surface area (Å²) in [7, 11) is 0. The summed E-state index contributed by atoms with van der Waals surface area (Å²) >= 11 is 0. The van der Waals surface area contributed by atoms with Gasteiger partial charge in [-0.25, -0.2) is 0 Å². The van der Waals surface area contributed by atoms with Crippen molar-refractivity contribution in [1.82, 2.24) is 0 Å². The summed E-state index contributed by atoms with van der Waals surface area (Å²) in [5, 5.41) is 0. The van der Waals surface area contributed by atoms with Crippen molar-refractivity contribution in [2.45, 2.75) is 59.3 Å². The largest absolute Gasteiger partial charge is 0.299 e. The minimum atomic E-state index is 0.224. The van der Waals surface area contributed by atoms with Crippen molar-refractivity contribution >= 4 is 5.78 Å². The first kappa shape index (κ1) is 10.7. The Morgan fingerprint density at radius 1 is 1.31 bits per heavy atom. The molecule has 0 bridgehead atoms. The van der Waals surface area contributed by atoms with Gasteiger partial charge in [0.05, 0.1) is 0 Å². The van der Waals surface area contributed by atoms with Gasteiger partial charge >= 0.3 is 0 Å². The van der Waals surface area contributed by atoms with Crippen LogP contribution in [0.2, 0.25) is 0 Å². The zero-order valence-corrected chi connectivity index (χ0v) is 9.23. The second kappa shape index (κ2) is 4.26. The third-order valence-electron chi connectivity index (χ3n) is 3.66. The summed E-state index contributed by atoms with van der Waals surface area (Å²) in [6.45, 7) is 6.67. The first-order valence-electron chi connectivity index (χ1n) is 5.60. The van der Waals surface area contributed by atoms with Crippen LogP contribution in [0.1, 0.15) is 59.3 Å². The van der Waals surface area contributed by atoms with Crippen molar-refractivity contribution in [2.24, 2.45) is 11.3 Å². The number of rotatable bonds is 2. The Balaban J connectivity index is 2.69. The lowest BCUT2D eigenvalue weighted by Crippen LogP contribution is -2.29. The van der Waals surface area contributed by atoms with E-state index in [1.165, 1.54) is 12.8 Å². The molecule has 0 amide bonds. The van der Waals surface area contributed by atoms with Crippen LogP contribution in [-0.2, 0) is 4.79 Å². The van der Waals surface area contributed by atoms with Gasteiger partial charge in [-0.05, 0) is 18.3 Å². The lowest BCUT2D eigenvalue weighted by molar-refractivity contribution is -0.126. The molecule has 1 rings (SSSR count). The van der Waals surface area contributed by atoms with Crippen molar-refractivity contribution in [3.8, 4) is 0 Å². The second-order valence-electron chi connectivity index (χ2n) is 4.96. The van der Waals surface area contributed by atoms with Crippen LogP contribution in [0, 0.1) is 11.3 Å². The molecular weight excluding hydrogens is 160 g/mol. The van der Waals surface area contributed by atoms with Gasteiger partial charge in [-0.1, -0.05) is 40.0 Å².